The molecule has 3 nitrogen and oxygen atoms in total. The van der Waals surface area contributed by atoms with Crippen molar-refractivity contribution < 1.29 is 9.53 Å². The lowest BCUT2D eigenvalue weighted by molar-refractivity contribution is -0.146. The Bertz CT molecular complexity index is 245. The molecular weight excluding hydrogens is 226 g/mol. The van der Waals surface area contributed by atoms with Crippen LogP contribution in [0.4, 0.5) is 0 Å². The largest absolute Gasteiger partial charge is 0.469 e. The Labute approximate surface area is 112 Å². The molecule has 0 aromatic rings. The fraction of sp³-hybridized carbons (Fsp3) is 0.933. The smallest absolute Gasteiger partial charge is 0.308 e. The van der Waals surface area contributed by atoms with E-state index in [-0.39, 0.29) is 11.9 Å². The molecule has 18 heavy (non-hydrogen) atoms. The molecule has 0 radical (unpaired) electrons. The Morgan fingerprint density at radius 3 is 2.39 bits per heavy atom. The van der Waals surface area contributed by atoms with Gasteiger partial charge in [0.2, 0.25) is 0 Å². The quantitative estimate of drug-likeness (QED) is 0.683. The van der Waals surface area contributed by atoms with Crippen molar-refractivity contribution >= 4 is 5.97 Å². The molecular formula is C15H29NO2. The maximum absolute atomic E-state index is 11.5. The molecule has 1 aliphatic rings. The van der Waals surface area contributed by atoms with Crippen molar-refractivity contribution in [3.63, 3.8) is 0 Å². The van der Waals surface area contributed by atoms with Crippen LogP contribution in [-0.4, -0.2) is 37.6 Å². The van der Waals surface area contributed by atoms with E-state index in [9.17, 15) is 4.79 Å². The maximum atomic E-state index is 11.5. The van der Waals surface area contributed by atoms with Crippen molar-refractivity contribution in [1.82, 2.24) is 4.90 Å². The van der Waals surface area contributed by atoms with Gasteiger partial charge in [-0.1, -0.05) is 13.8 Å². The molecule has 0 heterocycles. The van der Waals surface area contributed by atoms with E-state index in [2.05, 4.69) is 25.8 Å². The van der Waals surface area contributed by atoms with Crippen molar-refractivity contribution in [2.24, 2.45) is 11.8 Å². The van der Waals surface area contributed by atoms with E-state index in [0.717, 1.165) is 31.6 Å². The number of carbonyl (C=O) groups is 1. The molecule has 0 aliphatic heterocycles. The summed E-state index contributed by atoms with van der Waals surface area (Å²) < 4.78 is 4.82. The number of ether oxygens (including phenoxy) is 1. The maximum Gasteiger partial charge on any atom is 0.308 e. The predicted octanol–water partition coefficient (Wildman–Crippen LogP) is 3.09. The van der Waals surface area contributed by atoms with Crippen LogP contribution in [0.3, 0.4) is 0 Å². The molecule has 0 atom stereocenters. The fourth-order valence-corrected chi connectivity index (χ4v) is 2.85. The van der Waals surface area contributed by atoms with Gasteiger partial charge in [-0.25, -0.2) is 0 Å². The van der Waals surface area contributed by atoms with E-state index in [4.69, 9.17) is 4.74 Å². The van der Waals surface area contributed by atoms with Gasteiger partial charge in [-0.2, -0.15) is 0 Å². The van der Waals surface area contributed by atoms with Crippen LogP contribution in [0.25, 0.3) is 0 Å². The highest BCUT2D eigenvalue weighted by Crippen LogP contribution is 2.28. The summed E-state index contributed by atoms with van der Waals surface area (Å²) in [6.45, 7) is 5.74. The lowest BCUT2D eigenvalue weighted by atomic mass is 9.85. The molecule has 0 saturated heterocycles. The molecule has 0 spiro atoms. The molecule has 1 saturated carbocycles. The number of methoxy groups -OCH3 is 1. The molecule has 3 heteroatoms. The average Bonchev–Trinajstić information content (AvgIpc) is 2.37. The third kappa shape index (κ3) is 4.97. The molecule has 0 bridgehead atoms. The van der Waals surface area contributed by atoms with E-state index in [1.54, 1.807) is 0 Å². The molecule has 0 unspecified atom stereocenters. The first-order valence-corrected chi connectivity index (χ1v) is 7.32. The van der Waals surface area contributed by atoms with Gasteiger partial charge in [-0.15, -0.1) is 0 Å². The van der Waals surface area contributed by atoms with Crippen LogP contribution in [0, 0.1) is 11.8 Å². The van der Waals surface area contributed by atoms with Gasteiger partial charge in [0.25, 0.3) is 0 Å². The third-order valence-corrected chi connectivity index (χ3v) is 4.15. The van der Waals surface area contributed by atoms with E-state index in [1.807, 2.05) is 0 Å². The minimum atomic E-state index is -0.0177. The van der Waals surface area contributed by atoms with Crippen LogP contribution < -0.4 is 0 Å². The van der Waals surface area contributed by atoms with Crippen molar-refractivity contribution in [3.8, 4) is 0 Å². The zero-order valence-corrected chi connectivity index (χ0v) is 12.4. The van der Waals surface area contributed by atoms with Crippen LogP contribution >= 0.6 is 0 Å². The number of hydrogen-bond donors (Lipinski definition) is 0. The van der Waals surface area contributed by atoms with Gasteiger partial charge in [-0.3, -0.25) is 4.79 Å². The summed E-state index contributed by atoms with van der Waals surface area (Å²) in [5.41, 5.74) is 0. The molecule has 1 fully saturated rings. The van der Waals surface area contributed by atoms with Gasteiger partial charge in [0.15, 0.2) is 0 Å². The third-order valence-electron chi connectivity index (χ3n) is 4.15. The Morgan fingerprint density at radius 1 is 1.28 bits per heavy atom. The Balaban J connectivity index is 2.23. The standard InChI is InChI=1S/C15H29NO2/c1-12(2)6-5-11-16(3)14-9-7-13(8-10-14)15(17)18-4/h12-14H,5-11H2,1-4H3. The monoisotopic (exact) mass is 255 g/mol. The molecule has 0 aromatic heterocycles. The average molecular weight is 255 g/mol. The summed E-state index contributed by atoms with van der Waals surface area (Å²) in [6, 6.07) is 0.665. The highest BCUT2D eigenvalue weighted by molar-refractivity contribution is 5.72. The second kappa shape index (κ2) is 7.78. The zero-order chi connectivity index (χ0) is 13.5. The summed E-state index contributed by atoms with van der Waals surface area (Å²) in [5.74, 6) is 0.930. The van der Waals surface area contributed by atoms with E-state index in [1.165, 1.54) is 26.5 Å². The number of rotatable bonds is 6. The van der Waals surface area contributed by atoms with Crippen molar-refractivity contribution in [2.75, 3.05) is 20.7 Å². The SMILES string of the molecule is COC(=O)C1CCC(N(C)CCCC(C)C)CC1. The minimum absolute atomic E-state index is 0.0177. The molecule has 1 rings (SSSR count). The molecule has 106 valence electrons. The summed E-state index contributed by atoms with van der Waals surface area (Å²) in [7, 11) is 3.72. The number of hydrogen-bond acceptors (Lipinski definition) is 3. The first-order valence-electron chi connectivity index (χ1n) is 7.32. The van der Waals surface area contributed by atoms with E-state index >= 15 is 0 Å². The van der Waals surface area contributed by atoms with Crippen LogP contribution in [0.2, 0.25) is 0 Å². The van der Waals surface area contributed by atoms with Crippen molar-refractivity contribution in [2.45, 2.75) is 58.4 Å². The number of carbonyl (C=O) groups excluding carboxylic acids is 1. The first-order chi connectivity index (χ1) is 8.54. The van der Waals surface area contributed by atoms with Gasteiger partial charge < -0.3 is 9.64 Å². The molecule has 1 aliphatic carbocycles. The van der Waals surface area contributed by atoms with Gasteiger partial charge in [0.05, 0.1) is 13.0 Å². The van der Waals surface area contributed by atoms with Crippen molar-refractivity contribution in [3.05, 3.63) is 0 Å². The summed E-state index contributed by atoms with van der Waals surface area (Å²) in [5, 5.41) is 0. The van der Waals surface area contributed by atoms with Crippen LogP contribution in [0.5, 0.6) is 0 Å². The Morgan fingerprint density at radius 2 is 1.89 bits per heavy atom. The fourth-order valence-electron chi connectivity index (χ4n) is 2.85. The summed E-state index contributed by atoms with van der Waals surface area (Å²) in [6.07, 6.45) is 6.85. The highest BCUT2D eigenvalue weighted by Gasteiger charge is 2.28. The van der Waals surface area contributed by atoms with E-state index in [0.29, 0.717) is 6.04 Å². The Kier molecular flexibility index (Phi) is 6.69. The number of nitrogens with zero attached hydrogens (tertiary/aromatic N) is 1. The van der Waals surface area contributed by atoms with Crippen LogP contribution in [0.15, 0.2) is 0 Å². The summed E-state index contributed by atoms with van der Waals surface area (Å²) in [4.78, 5) is 13.9. The second-order valence-corrected chi connectivity index (χ2v) is 6.05. The lowest BCUT2D eigenvalue weighted by Gasteiger charge is -2.33. The van der Waals surface area contributed by atoms with Gasteiger partial charge in [0, 0.05) is 6.04 Å². The molecule has 0 aromatic carbocycles. The highest BCUT2D eigenvalue weighted by atomic mass is 16.5. The van der Waals surface area contributed by atoms with Crippen molar-refractivity contribution in [1.29, 1.82) is 0 Å². The van der Waals surface area contributed by atoms with Gasteiger partial charge >= 0.3 is 5.97 Å². The first kappa shape index (κ1) is 15.5. The normalized spacial score (nSPS) is 24.6. The molecule has 0 amide bonds. The topological polar surface area (TPSA) is 29.5 Å². The van der Waals surface area contributed by atoms with Gasteiger partial charge in [0.1, 0.15) is 0 Å². The zero-order valence-electron chi connectivity index (χ0n) is 12.4. The summed E-state index contributed by atoms with van der Waals surface area (Å²) >= 11 is 0. The predicted molar refractivity (Wildman–Crippen MR) is 74.5 cm³/mol. The van der Waals surface area contributed by atoms with Crippen LogP contribution in [0.1, 0.15) is 52.4 Å². The van der Waals surface area contributed by atoms with Crippen LogP contribution in [-0.2, 0) is 9.53 Å². The number of esters is 1. The second-order valence-electron chi connectivity index (χ2n) is 6.05. The Hall–Kier alpha value is -0.570. The molecule has 0 N–H and O–H groups in total. The minimum Gasteiger partial charge on any atom is -0.469 e. The van der Waals surface area contributed by atoms with Gasteiger partial charge in [-0.05, 0) is 58.0 Å². The lowest BCUT2D eigenvalue weighted by Crippen LogP contribution is -2.37. The van der Waals surface area contributed by atoms with E-state index < -0.39 is 0 Å².